The van der Waals surface area contributed by atoms with E-state index in [0.717, 1.165) is 10.2 Å². The largest absolute Gasteiger partial charge is 0.480 e. The van der Waals surface area contributed by atoms with Crippen molar-refractivity contribution in [3.05, 3.63) is 92.8 Å². The van der Waals surface area contributed by atoms with Crippen LogP contribution in [0.5, 0.6) is 5.75 Å². The van der Waals surface area contributed by atoms with Crippen molar-refractivity contribution in [1.82, 2.24) is 14.5 Å². The van der Waals surface area contributed by atoms with Gasteiger partial charge in [-0.15, -0.1) is 5.10 Å². The van der Waals surface area contributed by atoms with E-state index >= 15 is 0 Å². The van der Waals surface area contributed by atoms with Crippen molar-refractivity contribution in [2.75, 3.05) is 0 Å². The lowest BCUT2D eigenvalue weighted by Gasteiger charge is -2.12. The Bertz CT molecular complexity index is 1640. The van der Waals surface area contributed by atoms with Gasteiger partial charge in [0.15, 0.2) is 5.75 Å². The van der Waals surface area contributed by atoms with Gasteiger partial charge in [-0.3, -0.25) is 9.59 Å². The Hall–Kier alpha value is -3.81. The lowest BCUT2D eigenvalue weighted by Crippen LogP contribution is -2.27. The number of carbonyl (C=O) groups is 1. The topological polar surface area (TPSA) is 86.4 Å². The Balaban J connectivity index is 1.82. The molecule has 0 aliphatic carbocycles. The zero-order valence-corrected chi connectivity index (χ0v) is 19.3. The molecule has 0 unspecified atom stereocenters. The number of fused-ring (bicyclic) bond motifs is 2. The predicted molar refractivity (Wildman–Crippen MR) is 132 cm³/mol. The lowest BCUT2D eigenvalue weighted by atomic mass is 10.0. The highest BCUT2D eigenvalue weighted by Crippen LogP contribution is 2.37. The lowest BCUT2D eigenvalue weighted by molar-refractivity contribution is -0.137. The number of halogens is 2. The highest BCUT2D eigenvalue weighted by atomic mass is 35.5. The van der Waals surface area contributed by atoms with Crippen molar-refractivity contribution in [2.24, 2.45) is 0 Å². The first-order valence-corrected chi connectivity index (χ1v) is 11.1. The maximum atomic E-state index is 13.2. The fourth-order valence-corrected chi connectivity index (χ4v) is 4.40. The van der Waals surface area contributed by atoms with Crippen molar-refractivity contribution in [3.8, 4) is 17.0 Å². The van der Waals surface area contributed by atoms with Gasteiger partial charge >= 0.3 is 11.5 Å². The second-order valence-corrected chi connectivity index (χ2v) is 8.59. The van der Waals surface area contributed by atoms with E-state index in [2.05, 4.69) is 5.10 Å². The first-order chi connectivity index (χ1) is 16.3. The van der Waals surface area contributed by atoms with E-state index in [1.165, 1.54) is 0 Å². The zero-order valence-electron chi connectivity index (χ0n) is 17.8. The Kier molecular flexibility index (Phi) is 5.51. The van der Waals surface area contributed by atoms with Crippen LogP contribution in [0.3, 0.4) is 0 Å². The first kappa shape index (κ1) is 22.0. The number of aromatic nitrogens is 3. The van der Waals surface area contributed by atoms with Gasteiger partial charge in [-0.2, -0.15) is 0 Å². The van der Waals surface area contributed by atoms with Crippen molar-refractivity contribution in [3.63, 3.8) is 0 Å². The molecule has 0 saturated heterocycles. The average Bonchev–Trinajstić information content (AvgIpc) is 3.07. The smallest absolute Gasteiger partial charge is 0.323 e. The second kappa shape index (κ2) is 8.52. The summed E-state index contributed by atoms with van der Waals surface area (Å²) in [5, 5.41) is 16.8. The van der Waals surface area contributed by atoms with Crippen LogP contribution in [-0.4, -0.2) is 25.6 Å². The Morgan fingerprint density at radius 2 is 1.65 bits per heavy atom. The van der Waals surface area contributed by atoms with E-state index in [4.69, 9.17) is 28.0 Å². The molecule has 5 aromatic rings. The van der Waals surface area contributed by atoms with E-state index < -0.39 is 11.5 Å². The molecular formula is C25H17Cl2N3O4. The molecule has 0 spiro atoms. The third-order valence-electron chi connectivity index (χ3n) is 5.60. The Morgan fingerprint density at radius 3 is 2.35 bits per heavy atom. The summed E-state index contributed by atoms with van der Waals surface area (Å²) in [5.74, 6) is -0.594. The molecule has 0 fully saturated rings. The maximum Gasteiger partial charge on any atom is 0.323 e. The fraction of sp³-hybridized carbons (Fsp3) is 0.0800. The SMILES string of the molecule is Cc1c(-c2nn(Oc3ccc(Cl)cc3)c(=O)c3ccccc23)c2cc(Cl)ccc2n1CC(=O)O. The molecule has 2 heterocycles. The van der Waals surface area contributed by atoms with E-state index in [9.17, 15) is 14.7 Å². The van der Waals surface area contributed by atoms with Crippen LogP contribution in [0.1, 0.15) is 5.69 Å². The number of carboxylic acid groups (broad SMARTS) is 1. The van der Waals surface area contributed by atoms with Crippen LogP contribution >= 0.6 is 23.2 Å². The molecule has 0 amide bonds. The molecule has 0 atom stereocenters. The van der Waals surface area contributed by atoms with Crippen LogP contribution in [0.25, 0.3) is 32.9 Å². The van der Waals surface area contributed by atoms with Gasteiger partial charge in [-0.05, 0) is 55.5 Å². The molecule has 0 saturated carbocycles. The van der Waals surface area contributed by atoms with Crippen molar-refractivity contribution >= 4 is 50.8 Å². The molecule has 170 valence electrons. The minimum Gasteiger partial charge on any atom is -0.480 e. The highest BCUT2D eigenvalue weighted by Gasteiger charge is 2.22. The number of hydrogen-bond acceptors (Lipinski definition) is 4. The number of hydrogen-bond donors (Lipinski definition) is 1. The van der Waals surface area contributed by atoms with Crippen LogP contribution in [-0.2, 0) is 11.3 Å². The minimum atomic E-state index is -0.977. The third-order valence-corrected chi connectivity index (χ3v) is 6.09. The number of carboxylic acids is 1. The molecule has 3 aromatic carbocycles. The molecule has 7 nitrogen and oxygen atoms in total. The van der Waals surface area contributed by atoms with Crippen LogP contribution in [0.4, 0.5) is 0 Å². The number of rotatable bonds is 5. The normalized spacial score (nSPS) is 11.3. The van der Waals surface area contributed by atoms with Gasteiger partial charge in [0.25, 0.3) is 0 Å². The standard InChI is InChI=1S/C25H17Cl2N3O4/c1-14-23(20-12-16(27)8-11-21(20)29(14)13-22(31)32)24-18-4-2-3-5-19(18)25(33)30(28-24)34-17-9-6-15(26)7-10-17/h2-12H,13H2,1H3,(H,31,32). The van der Waals surface area contributed by atoms with Crippen molar-refractivity contribution < 1.29 is 14.7 Å². The van der Waals surface area contributed by atoms with Gasteiger partial charge in [0, 0.05) is 37.6 Å². The van der Waals surface area contributed by atoms with E-state index in [-0.39, 0.29) is 6.54 Å². The molecule has 0 bridgehead atoms. The van der Waals surface area contributed by atoms with Crippen LogP contribution in [0.15, 0.2) is 71.5 Å². The Morgan fingerprint density at radius 1 is 0.971 bits per heavy atom. The molecule has 0 aliphatic rings. The van der Waals surface area contributed by atoms with Gasteiger partial charge in [-0.1, -0.05) is 46.2 Å². The van der Waals surface area contributed by atoms with Crippen molar-refractivity contribution in [1.29, 1.82) is 0 Å². The number of aliphatic carboxylic acids is 1. The minimum absolute atomic E-state index is 0.233. The van der Waals surface area contributed by atoms with Gasteiger partial charge in [0.05, 0.1) is 5.39 Å². The van der Waals surface area contributed by atoms with Crippen LogP contribution in [0.2, 0.25) is 10.0 Å². The molecule has 5 rings (SSSR count). The fourth-order valence-electron chi connectivity index (χ4n) is 4.10. The molecule has 9 heteroatoms. The molecular weight excluding hydrogens is 477 g/mol. The summed E-state index contributed by atoms with van der Waals surface area (Å²) in [6.07, 6.45) is 0. The van der Waals surface area contributed by atoms with Gasteiger partial charge < -0.3 is 14.5 Å². The van der Waals surface area contributed by atoms with E-state index in [1.54, 1.807) is 65.2 Å². The summed E-state index contributed by atoms with van der Waals surface area (Å²) in [5.41, 5.74) is 2.08. The Labute approximate surface area is 203 Å². The molecule has 2 aromatic heterocycles. The molecule has 34 heavy (non-hydrogen) atoms. The van der Waals surface area contributed by atoms with Crippen LogP contribution < -0.4 is 10.4 Å². The monoisotopic (exact) mass is 493 g/mol. The summed E-state index contributed by atoms with van der Waals surface area (Å²) in [6, 6.07) is 18.9. The zero-order chi connectivity index (χ0) is 24.0. The third kappa shape index (κ3) is 3.79. The van der Waals surface area contributed by atoms with E-state index in [1.807, 2.05) is 13.0 Å². The summed E-state index contributed by atoms with van der Waals surface area (Å²) >= 11 is 12.3. The predicted octanol–water partition coefficient (Wildman–Crippen LogP) is 5.56. The average molecular weight is 494 g/mol. The van der Waals surface area contributed by atoms with Gasteiger partial charge in [-0.25, -0.2) is 0 Å². The van der Waals surface area contributed by atoms with Gasteiger partial charge in [0.2, 0.25) is 0 Å². The van der Waals surface area contributed by atoms with Gasteiger partial charge in [0.1, 0.15) is 12.2 Å². The molecule has 0 aliphatic heterocycles. The number of nitrogens with zero attached hydrogens (tertiary/aromatic N) is 3. The maximum absolute atomic E-state index is 13.2. The summed E-state index contributed by atoms with van der Waals surface area (Å²) in [7, 11) is 0. The summed E-state index contributed by atoms with van der Waals surface area (Å²) in [4.78, 5) is 31.5. The summed E-state index contributed by atoms with van der Waals surface area (Å²) in [6.45, 7) is 1.58. The highest BCUT2D eigenvalue weighted by molar-refractivity contribution is 6.31. The van der Waals surface area contributed by atoms with E-state index in [0.29, 0.717) is 49.0 Å². The van der Waals surface area contributed by atoms with Crippen molar-refractivity contribution in [2.45, 2.75) is 13.5 Å². The first-order valence-electron chi connectivity index (χ1n) is 10.3. The second-order valence-electron chi connectivity index (χ2n) is 7.72. The number of benzene rings is 3. The molecule has 1 N–H and O–H groups in total. The quantitative estimate of drug-likeness (QED) is 0.346. The van der Waals surface area contributed by atoms with Crippen LogP contribution in [0, 0.1) is 6.92 Å². The molecule has 0 radical (unpaired) electrons. The summed E-state index contributed by atoms with van der Waals surface area (Å²) < 4.78 is 1.69.